The first-order valence-corrected chi connectivity index (χ1v) is 12.3. The molecule has 0 atom stereocenters. The van der Waals surface area contributed by atoms with Crippen LogP contribution in [0, 0.1) is 0 Å². The van der Waals surface area contributed by atoms with Crippen molar-refractivity contribution in [2.45, 2.75) is 19.6 Å². The molecule has 0 saturated carbocycles. The number of rotatable bonds is 6. The van der Waals surface area contributed by atoms with E-state index in [4.69, 9.17) is 13.6 Å². The van der Waals surface area contributed by atoms with Crippen LogP contribution in [0.5, 0.6) is 0 Å². The van der Waals surface area contributed by atoms with Crippen molar-refractivity contribution in [1.82, 2.24) is 0 Å². The highest BCUT2D eigenvalue weighted by Gasteiger charge is 2.25. The Kier molecular flexibility index (Phi) is 12.1. The molecule has 3 nitrogen and oxygen atoms in total. The summed E-state index contributed by atoms with van der Waals surface area (Å²) in [5.74, 6) is 0. The van der Waals surface area contributed by atoms with Gasteiger partial charge in [-0.15, -0.1) is 0 Å². The van der Waals surface area contributed by atoms with E-state index in [1.807, 2.05) is 6.55 Å². The van der Waals surface area contributed by atoms with E-state index in [0.717, 1.165) is 11.6 Å². The second-order valence-electron chi connectivity index (χ2n) is 4.46. The van der Waals surface area contributed by atoms with Crippen molar-refractivity contribution in [2.75, 3.05) is 38.3 Å². The Morgan fingerprint density at radius 3 is 1.38 bits per heavy atom. The molecule has 0 fully saturated rings. The largest absolute Gasteiger partial charge is 0.397 e. The van der Waals surface area contributed by atoms with Crippen LogP contribution in [-0.2, 0) is 13.6 Å². The first kappa shape index (κ1) is 19.4. The monoisotopic (exact) mass is 302 g/mol. The number of methoxy groups -OCH3 is 1. The molecule has 0 aromatic carbocycles. The van der Waals surface area contributed by atoms with Crippen LogP contribution in [0.3, 0.4) is 0 Å². The van der Waals surface area contributed by atoms with Gasteiger partial charge in [0.25, 0.3) is 0 Å². The molecule has 100 valence electrons. The van der Waals surface area contributed by atoms with Gasteiger partial charge in [-0.25, -0.2) is 0 Å². The third-order valence-corrected chi connectivity index (χ3v) is 10.6. The lowest BCUT2D eigenvalue weighted by atomic mass is 11.5. The Labute approximate surface area is 113 Å². The minimum Gasteiger partial charge on any atom is -0.397 e. The maximum absolute atomic E-state index is 5.08. The van der Waals surface area contributed by atoms with Crippen molar-refractivity contribution < 1.29 is 13.6 Å². The SMILES string of the molecule is COC[Si](C)(C)CS.CO[Si](C)(CS)OC. The molecule has 0 aliphatic carbocycles. The van der Waals surface area contributed by atoms with Crippen LogP contribution in [0.1, 0.15) is 0 Å². The zero-order valence-electron chi connectivity index (χ0n) is 11.2. The molecule has 0 bridgehead atoms. The van der Waals surface area contributed by atoms with Gasteiger partial charge in [0.2, 0.25) is 0 Å². The molecule has 0 radical (unpaired) electrons. The highest BCUT2D eigenvalue weighted by atomic mass is 32.1. The number of thiol groups is 2. The van der Waals surface area contributed by atoms with Crippen LogP contribution in [0.15, 0.2) is 0 Å². The van der Waals surface area contributed by atoms with Gasteiger partial charge in [-0.1, -0.05) is 13.1 Å². The highest BCUT2D eigenvalue weighted by molar-refractivity contribution is 7.82. The van der Waals surface area contributed by atoms with Gasteiger partial charge in [-0.2, -0.15) is 25.3 Å². The summed E-state index contributed by atoms with van der Waals surface area (Å²) in [6.45, 7) is 6.51. The van der Waals surface area contributed by atoms with Gasteiger partial charge in [-0.05, 0) is 11.9 Å². The normalized spacial score (nSPS) is 12.0. The van der Waals surface area contributed by atoms with E-state index < -0.39 is 16.6 Å². The molecular weight excluding hydrogens is 276 g/mol. The van der Waals surface area contributed by atoms with Gasteiger partial charge >= 0.3 is 8.56 Å². The summed E-state index contributed by atoms with van der Waals surface area (Å²) in [6, 6.07) is 0. The van der Waals surface area contributed by atoms with Gasteiger partial charge in [0, 0.05) is 32.9 Å². The number of ether oxygens (including phenoxy) is 1. The standard InChI is InChI=1S/C5H14OSSi.C4H12O2SSi/c1-6-4-8(2,3)5-7;1-5-8(3,4-7)6-2/h7H,4-5H2,1-3H3;7H,4H2,1-3H3. The van der Waals surface area contributed by atoms with E-state index in [9.17, 15) is 0 Å². The van der Waals surface area contributed by atoms with Crippen molar-refractivity contribution in [3.63, 3.8) is 0 Å². The lowest BCUT2D eigenvalue weighted by Crippen LogP contribution is -2.38. The summed E-state index contributed by atoms with van der Waals surface area (Å²) in [5, 5.41) is 1.72. The summed E-state index contributed by atoms with van der Waals surface area (Å²) >= 11 is 8.29. The Morgan fingerprint density at radius 2 is 1.31 bits per heavy atom. The highest BCUT2D eigenvalue weighted by Crippen LogP contribution is 2.04. The van der Waals surface area contributed by atoms with E-state index in [0.29, 0.717) is 5.38 Å². The molecular formula is C9H26O3S2Si2. The lowest BCUT2D eigenvalue weighted by molar-refractivity contribution is 0.246. The number of hydrogen-bond acceptors (Lipinski definition) is 5. The fraction of sp³-hybridized carbons (Fsp3) is 1.00. The van der Waals surface area contributed by atoms with Crippen molar-refractivity contribution in [3.05, 3.63) is 0 Å². The van der Waals surface area contributed by atoms with Crippen molar-refractivity contribution in [3.8, 4) is 0 Å². The first-order valence-electron chi connectivity index (χ1n) is 5.11. The fourth-order valence-corrected chi connectivity index (χ4v) is 2.99. The van der Waals surface area contributed by atoms with Crippen LogP contribution in [0.25, 0.3) is 0 Å². The van der Waals surface area contributed by atoms with Gasteiger partial charge in [0.1, 0.15) is 0 Å². The average Bonchev–Trinajstić information content (AvgIpc) is 2.29. The summed E-state index contributed by atoms with van der Waals surface area (Å²) in [6.07, 6.45) is 0.927. The van der Waals surface area contributed by atoms with E-state index >= 15 is 0 Å². The molecule has 0 spiro atoms. The molecule has 0 heterocycles. The Bertz CT molecular complexity index is 159. The van der Waals surface area contributed by atoms with Crippen molar-refractivity contribution in [1.29, 1.82) is 0 Å². The maximum atomic E-state index is 5.08. The molecule has 16 heavy (non-hydrogen) atoms. The minimum absolute atomic E-state index is 0.708. The number of hydrogen-bond donors (Lipinski definition) is 2. The Hall–Kier alpha value is 1.01. The molecule has 0 amide bonds. The van der Waals surface area contributed by atoms with Crippen molar-refractivity contribution >= 4 is 41.9 Å². The second kappa shape index (κ2) is 9.98. The zero-order chi connectivity index (χ0) is 13.2. The van der Waals surface area contributed by atoms with Gasteiger partial charge in [-0.3, -0.25) is 0 Å². The molecule has 7 heteroatoms. The van der Waals surface area contributed by atoms with Gasteiger partial charge in [0.15, 0.2) is 0 Å². The predicted molar refractivity (Wildman–Crippen MR) is 82.7 cm³/mol. The third kappa shape index (κ3) is 10.2. The molecule has 0 unspecified atom stereocenters. The fourth-order valence-electron chi connectivity index (χ4n) is 0.649. The quantitative estimate of drug-likeness (QED) is 0.582. The first-order chi connectivity index (χ1) is 7.30. The molecule has 0 saturated heterocycles. The molecule has 0 rings (SSSR count). The molecule has 0 aromatic heterocycles. The van der Waals surface area contributed by atoms with Crippen LogP contribution in [0.4, 0.5) is 0 Å². The second-order valence-corrected chi connectivity index (χ2v) is 14.7. The van der Waals surface area contributed by atoms with E-state index in [-0.39, 0.29) is 0 Å². The zero-order valence-corrected chi connectivity index (χ0v) is 15.0. The van der Waals surface area contributed by atoms with Crippen LogP contribution in [0.2, 0.25) is 19.6 Å². The molecule has 0 N–H and O–H groups in total. The average molecular weight is 303 g/mol. The van der Waals surface area contributed by atoms with E-state index in [2.05, 4.69) is 38.4 Å². The van der Waals surface area contributed by atoms with E-state index in [1.54, 1.807) is 21.3 Å². The summed E-state index contributed by atoms with van der Waals surface area (Å²) < 4.78 is 15.2. The van der Waals surface area contributed by atoms with Crippen LogP contribution in [-0.4, -0.2) is 54.9 Å². The lowest BCUT2D eigenvalue weighted by Gasteiger charge is -2.19. The minimum atomic E-state index is -1.81. The summed E-state index contributed by atoms with van der Waals surface area (Å²) in [4.78, 5) is 0. The third-order valence-electron chi connectivity index (χ3n) is 2.11. The Morgan fingerprint density at radius 1 is 0.875 bits per heavy atom. The topological polar surface area (TPSA) is 27.7 Å². The van der Waals surface area contributed by atoms with Gasteiger partial charge < -0.3 is 13.6 Å². The van der Waals surface area contributed by atoms with E-state index in [1.165, 1.54) is 0 Å². The smallest absolute Gasteiger partial charge is 0.344 e. The predicted octanol–water partition coefficient (Wildman–Crippen LogP) is 2.17. The maximum Gasteiger partial charge on any atom is 0.344 e. The molecule has 0 aliphatic heterocycles. The molecule has 0 aromatic rings. The summed E-state index contributed by atoms with van der Waals surface area (Å²) in [5.41, 5.74) is 0. The molecule has 0 aliphatic rings. The van der Waals surface area contributed by atoms with Crippen molar-refractivity contribution in [2.24, 2.45) is 0 Å². The van der Waals surface area contributed by atoms with Crippen LogP contribution >= 0.6 is 25.3 Å². The van der Waals surface area contributed by atoms with Gasteiger partial charge in [0.05, 0.1) is 8.07 Å². The Balaban J connectivity index is 0. The summed E-state index contributed by atoms with van der Waals surface area (Å²) in [7, 11) is 2.22. The van der Waals surface area contributed by atoms with Crippen LogP contribution < -0.4 is 0 Å².